The van der Waals surface area contributed by atoms with E-state index in [1.807, 2.05) is 62.4 Å². The Bertz CT molecular complexity index is 1770. The average molecular weight is 488 g/mol. The number of para-hydroxylation sites is 2. The van der Waals surface area contributed by atoms with Gasteiger partial charge in [0, 0.05) is 28.7 Å². The van der Waals surface area contributed by atoms with Gasteiger partial charge in [-0.3, -0.25) is 10.1 Å². The van der Waals surface area contributed by atoms with Crippen molar-refractivity contribution in [1.82, 2.24) is 9.97 Å². The number of nitrogens with zero attached hydrogens (tertiary/aromatic N) is 1. The number of hydrogen-bond donors (Lipinski definition) is 2. The van der Waals surface area contributed by atoms with Crippen molar-refractivity contribution in [1.29, 1.82) is 0 Å². The van der Waals surface area contributed by atoms with Crippen LogP contribution in [0.5, 0.6) is 5.75 Å². The number of aromatic amines is 1. The summed E-state index contributed by atoms with van der Waals surface area (Å²) in [6.07, 6.45) is 3.35. The Morgan fingerprint density at radius 3 is 2.68 bits per heavy atom. The monoisotopic (exact) mass is 487 g/mol. The highest BCUT2D eigenvalue weighted by atomic mass is 16.5. The Hall–Kier alpha value is -4.84. The van der Waals surface area contributed by atoms with E-state index < -0.39 is 0 Å². The topological polar surface area (TPSA) is 80.2 Å². The number of imidazole rings is 1. The number of allylic oxidation sites excluding steroid dienone is 1. The number of nitrogens with one attached hydrogen (secondary N) is 2. The van der Waals surface area contributed by atoms with Crippen molar-refractivity contribution >= 4 is 50.2 Å². The number of benzene rings is 4. The lowest BCUT2D eigenvalue weighted by Gasteiger charge is -2.12. The lowest BCUT2D eigenvalue weighted by atomic mass is 9.96. The maximum Gasteiger partial charge on any atom is 0.250 e. The Labute approximate surface area is 213 Å². The number of hydrogen-bond acceptors (Lipinski definition) is 4. The highest BCUT2D eigenvalue weighted by Gasteiger charge is 2.17. The standard InChI is InChI=1S/C31H25N3O3/c1-3-36-28-17-29-24(25(18-37-29)22-12-8-10-20-9-4-5-11-21(20)22)16-23(28)19(2)15-30(35)34-31-32-26-13-6-7-14-27(26)33-31/h4-18H,3H2,1-2H3,(H2,32,33,34,35)/b19-15+. The third kappa shape index (κ3) is 4.23. The van der Waals surface area contributed by atoms with Gasteiger partial charge in [0.15, 0.2) is 0 Å². The van der Waals surface area contributed by atoms with Crippen LogP contribution in [0.4, 0.5) is 5.95 Å². The molecule has 37 heavy (non-hydrogen) atoms. The van der Waals surface area contributed by atoms with E-state index in [1.54, 1.807) is 12.3 Å². The Balaban J connectivity index is 1.40. The quantitative estimate of drug-likeness (QED) is 0.237. The molecule has 0 spiro atoms. The van der Waals surface area contributed by atoms with Gasteiger partial charge in [-0.05, 0) is 54.0 Å². The molecule has 0 fully saturated rings. The maximum atomic E-state index is 12.9. The van der Waals surface area contributed by atoms with Gasteiger partial charge in [0.1, 0.15) is 11.3 Å². The molecule has 0 aliphatic rings. The molecule has 0 saturated heterocycles. The van der Waals surface area contributed by atoms with Crippen LogP contribution in [-0.2, 0) is 4.79 Å². The van der Waals surface area contributed by atoms with Crippen molar-refractivity contribution in [3.63, 3.8) is 0 Å². The Morgan fingerprint density at radius 2 is 1.81 bits per heavy atom. The number of ether oxygens (including phenoxy) is 1. The van der Waals surface area contributed by atoms with Gasteiger partial charge in [0.2, 0.25) is 5.95 Å². The third-order valence-electron chi connectivity index (χ3n) is 6.46. The molecule has 1 amide bonds. The molecule has 2 N–H and O–H groups in total. The van der Waals surface area contributed by atoms with Gasteiger partial charge in [-0.1, -0.05) is 54.6 Å². The third-order valence-corrected chi connectivity index (χ3v) is 6.46. The first-order chi connectivity index (χ1) is 18.1. The average Bonchev–Trinajstić information content (AvgIpc) is 3.51. The SMILES string of the molecule is CCOc1cc2occ(-c3cccc4ccccc34)c2cc1/C(C)=C/C(=O)Nc1nc2ccccc2[nH]1. The van der Waals surface area contributed by atoms with Crippen LogP contribution in [0.15, 0.2) is 95.6 Å². The summed E-state index contributed by atoms with van der Waals surface area (Å²) in [6, 6.07) is 26.1. The number of H-pyrrole nitrogens is 1. The van der Waals surface area contributed by atoms with Crippen molar-refractivity contribution in [2.75, 3.05) is 11.9 Å². The van der Waals surface area contributed by atoms with E-state index in [0.717, 1.165) is 49.7 Å². The molecule has 0 radical (unpaired) electrons. The van der Waals surface area contributed by atoms with Crippen LogP contribution in [0.2, 0.25) is 0 Å². The van der Waals surface area contributed by atoms with Crippen molar-refractivity contribution in [2.24, 2.45) is 0 Å². The molecule has 6 rings (SSSR count). The maximum absolute atomic E-state index is 12.9. The molecule has 6 heteroatoms. The summed E-state index contributed by atoms with van der Waals surface area (Å²) in [6.45, 7) is 4.33. The normalized spacial score (nSPS) is 11.9. The molecular weight excluding hydrogens is 462 g/mol. The first kappa shape index (κ1) is 22.6. The Morgan fingerprint density at radius 1 is 1.00 bits per heavy atom. The molecule has 0 atom stereocenters. The van der Waals surface area contributed by atoms with E-state index in [2.05, 4.69) is 45.6 Å². The molecule has 4 aromatic carbocycles. The fourth-order valence-corrected chi connectivity index (χ4v) is 4.75. The zero-order valence-corrected chi connectivity index (χ0v) is 20.5. The van der Waals surface area contributed by atoms with Crippen molar-refractivity contribution < 1.29 is 13.9 Å². The van der Waals surface area contributed by atoms with Gasteiger partial charge in [-0.2, -0.15) is 0 Å². The zero-order valence-electron chi connectivity index (χ0n) is 20.5. The molecule has 0 saturated carbocycles. The number of furan rings is 1. The van der Waals surface area contributed by atoms with E-state index in [4.69, 9.17) is 9.15 Å². The van der Waals surface area contributed by atoms with Gasteiger partial charge in [0.25, 0.3) is 5.91 Å². The second kappa shape index (κ2) is 9.32. The van der Waals surface area contributed by atoms with Crippen LogP contribution in [0, 0.1) is 0 Å². The molecule has 182 valence electrons. The van der Waals surface area contributed by atoms with Crippen LogP contribution < -0.4 is 10.1 Å². The largest absolute Gasteiger partial charge is 0.493 e. The summed E-state index contributed by atoms with van der Waals surface area (Å²) in [5, 5.41) is 6.11. The number of aromatic nitrogens is 2. The number of carbonyl (C=O) groups excluding carboxylic acids is 1. The number of anilines is 1. The lowest BCUT2D eigenvalue weighted by molar-refractivity contribution is -0.111. The van der Waals surface area contributed by atoms with Crippen LogP contribution in [-0.4, -0.2) is 22.5 Å². The van der Waals surface area contributed by atoms with Crippen LogP contribution in [0.3, 0.4) is 0 Å². The van der Waals surface area contributed by atoms with Crippen LogP contribution in [0.25, 0.3) is 49.5 Å². The first-order valence-electron chi connectivity index (χ1n) is 12.2. The number of fused-ring (bicyclic) bond motifs is 3. The molecular formula is C31H25N3O3. The number of carbonyl (C=O) groups is 1. The predicted molar refractivity (Wildman–Crippen MR) is 149 cm³/mol. The summed E-state index contributed by atoms with van der Waals surface area (Å²) in [5.41, 5.74) is 6.08. The van der Waals surface area contributed by atoms with Crippen LogP contribution in [0.1, 0.15) is 19.4 Å². The molecule has 0 bridgehead atoms. The molecule has 6 aromatic rings. The smallest absolute Gasteiger partial charge is 0.250 e. The fourth-order valence-electron chi connectivity index (χ4n) is 4.75. The van der Waals surface area contributed by atoms with Gasteiger partial charge < -0.3 is 14.1 Å². The lowest BCUT2D eigenvalue weighted by Crippen LogP contribution is -2.10. The fraction of sp³-hybridized carbons (Fsp3) is 0.0968. The summed E-state index contributed by atoms with van der Waals surface area (Å²) in [4.78, 5) is 20.4. The number of amides is 1. The minimum absolute atomic E-state index is 0.277. The van der Waals surface area contributed by atoms with E-state index in [0.29, 0.717) is 18.3 Å². The minimum Gasteiger partial charge on any atom is -0.493 e. The minimum atomic E-state index is -0.277. The molecule has 6 nitrogen and oxygen atoms in total. The highest BCUT2D eigenvalue weighted by molar-refractivity contribution is 6.07. The van der Waals surface area contributed by atoms with Gasteiger partial charge in [-0.25, -0.2) is 4.98 Å². The summed E-state index contributed by atoms with van der Waals surface area (Å²) in [7, 11) is 0. The van der Waals surface area contributed by atoms with Crippen LogP contribution >= 0.6 is 0 Å². The molecule has 2 aromatic heterocycles. The molecule has 0 aliphatic heterocycles. The second-order valence-corrected chi connectivity index (χ2v) is 8.87. The van der Waals surface area contributed by atoms with E-state index >= 15 is 0 Å². The van der Waals surface area contributed by atoms with Gasteiger partial charge in [-0.15, -0.1) is 0 Å². The molecule has 2 heterocycles. The van der Waals surface area contributed by atoms with Gasteiger partial charge in [0.05, 0.1) is 23.9 Å². The van der Waals surface area contributed by atoms with E-state index in [-0.39, 0.29) is 5.91 Å². The summed E-state index contributed by atoms with van der Waals surface area (Å²) in [5.74, 6) is 0.795. The summed E-state index contributed by atoms with van der Waals surface area (Å²) < 4.78 is 11.9. The highest BCUT2D eigenvalue weighted by Crippen LogP contribution is 2.39. The second-order valence-electron chi connectivity index (χ2n) is 8.87. The first-order valence-corrected chi connectivity index (χ1v) is 12.2. The van der Waals surface area contributed by atoms with E-state index in [1.165, 1.54) is 5.39 Å². The van der Waals surface area contributed by atoms with Crippen molar-refractivity contribution in [3.05, 3.63) is 96.8 Å². The zero-order chi connectivity index (χ0) is 25.4. The number of rotatable bonds is 6. The Kier molecular flexibility index (Phi) is 5.69. The summed E-state index contributed by atoms with van der Waals surface area (Å²) >= 11 is 0. The van der Waals surface area contributed by atoms with E-state index in [9.17, 15) is 4.79 Å². The molecule has 0 aliphatic carbocycles. The molecule has 0 unspecified atom stereocenters. The predicted octanol–water partition coefficient (Wildman–Crippen LogP) is 7.57. The van der Waals surface area contributed by atoms with Crippen molar-refractivity contribution in [3.8, 4) is 16.9 Å². The van der Waals surface area contributed by atoms with Crippen molar-refractivity contribution in [2.45, 2.75) is 13.8 Å². The van der Waals surface area contributed by atoms with Gasteiger partial charge >= 0.3 is 0 Å².